The van der Waals surface area contributed by atoms with Gasteiger partial charge in [0.1, 0.15) is 11.9 Å². The molecule has 0 N–H and O–H groups in total. The lowest BCUT2D eigenvalue weighted by atomic mass is 9.69. The topological polar surface area (TPSA) is 26.3 Å². The Morgan fingerprint density at radius 2 is 1.74 bits per heavy atom. The van der Waals surface area contributed by atoms with E-state index in [9.17, 15) is 9.18 Å². The van der Waals surface area contributed by atoms with Gasteiger partial charge in [0.25, 0.3) is 0 Å². The summed E-state index contributed by atoms with van der Waals surface area (Å²) in [5.41, 5.74) is 1.14. The predicted molar refractivity (Wildman–Crippen MR) is 110 cm³/mol. The Balaban J connectivity index is 1.42. The highest BCUT2D eigenvalue weighted by Crippen LogP contribution is 2.43. The zero-order valence-electron chi connectivity index (χ0n) is 16.0. The molecule has 2 aliphatic rings. The number of halogens is 2. The molecule has 0 heterocycles. The molecule has 0 unspecified atom stereocenters. The first-order valence-corrected chi connectivity index (χ1v) is 11.1. The van der Waals surface area contributed by atoms with Crippen molar-refractivity contribution in [1.29, 1.82) is 0 Å². The number of benzene rings is 1. The van der Waals surface area contributed by atoms with Gasteiger partial charge in [0.05, 0.1) is 4.47 Å². The van der Waals surface area contributed by atoms with Crippen LogP contribution in [0.15, 0.2) is 35.3 Å². The molecule has 2 saturated carbocycles. The maximum Gasteiger partial charge on any atom is 0.306 e. The van der Waals surface area contributed by atoms with E-state index in [0.717, 1.165) is 43.1 Å². The second-order valence-electron chi connectivity index (χ2n) is 8.14. The molecule has 2 aliphatic carbocycles. The van der Waals surface area contributed by atoms with Crippen LogP contribution >= 0.6 is 15.9 Å². The van der Waals surface area contributed by atoms with E-state index in [1.54, 1.807) is 12.1 Å². The first-order valence-electron chi connectivity index (χ1n) is 10.3. The molecule has 148 valence electrons. The van der Waals surface area contributed by atoms with Crippen LogP contribution in [-0.4, -0.2) is 12.1 Å². The average molecular weight is 437 g/mol. The molecule has 0 atom stereocenters. The summed E-state index contributed by atoms with van der Waals surface area (Å²) >= 11 is 3.24. The zero-order chi connectivity index (χ0) is 19.2. The summed E-state index contributed by atoms with van der Waals surface area (Å²) in [7, 11) is 0. The minimum atomic E-state index is -0.157. The first-order chi connectivity index (χ1) is 13.1. The van der Waals surface area contributed by atoms with Gasteiger partial charge < -0.3 is 4.74 Å². The van der Waals surface area contributed by atoms with Crippen LogP contribution in [0.4, 0.5) is 4.39 Å². The fraction of sp³-hybridized carbons (Fsp3) is 0.609. The molecule has 0 bridgehead atoms. The summed E-state index contributed by atoms with van der Waals surface area (Å²) in [6.07, 6.45) is 12.1. The summed E-state index contributed by atoms with van der Waals surface area (Å²) in [6, 6.07) is 5.58. The smallest absolute Gasteiger partial charge is 0.306 e. The third kappa shape index (κ3) is 5.66. The highest BCUT2D eigenvalue weighted by molar-refractivity contribution is 9.10. The SMILES string of the molecule is C=CCCC(=O)OC1CCC([C@H]2CC[C@H](c3ccc(Br)c(F)c3)CC2)CC1. The molecule has 0 spiro atoms. The molecule has 0 aliphatic heterocycles. The van der Waals surface area contributed by atoms with Crippen LogP contribution in [0.25, 0.3) is 0 Å². The van der Waals surface area contributed by atoms with Crippen LogP contribution in [-0.2, 0) is 9.53 Å². The summed E-state index contributed by atoms with van der Waals surface area (Å²) < 4.78 is 20.0. The number of carbonyl (C=O) groups excluding carboxylic acids is 1. The third-order valence-electron chi connectivity index (χ3n) is 6.42. The summed E-state index contributed by atoms with van der Waals surface area (Å²) in [4.78, 5) is 11.8. The number of allylic oxidation sites excluding steroid dienone is 1. The van der Waals surface area contributed by atoms with Crippen molar-refractivity contribution in [3.63, 3.8) is 0 Å². The largest absolute Gasteiger partial charge is 0.462 e. The van der Waals surface area contributed by atoms with Crippen molar-refractivity contribution < 1.29 is 13.9 Å². The lowest BCUT2D eigenvalue weighted by Crippen LogP contribution is -2.29. The van der Waals surface area contributed by atoms with Crippen LogP contribution in [0.3, 0.4) is 0 Å². The summed E-state index contributed by atoms with van der Waals surface area (Å²) in [5.74, 6) is 1.79. The van der Waals surface area contributed by atoms with Crippen molar-refractivity contribution in [3.8, 4) is 0 Å². The standard InChI is InChI=1S/C23H30BrFO2/c1-2-3-4-23(26)27-20-12-9-17(10-13-20)16-5-7-18(8-6-16)19-11-14-21(24)22(25)15-19/h2,11,14-18,20H,1,3-10,12-13H2/t16-,17?,18-,20?. The minimum absolute atomic E-state index is 0.0828. The Bertz CT molecular complexity index is 644. The van der Waals surface area contributed by atoms with Gasteiger partial charge in [-0.15, -0.1) is 6.58 Å². The van der Waals surface area contributed by atoms with Crippen molar-refractivity contribution in [3.05, 3.63) is 46.7 Å². The Hall–Kier alpha value is -1.16. The number of hydrogen-bond donors (Lipinski definition) is 0. The monoisotopic (exact) mass is 436 g/mol. The molecular weight excluding hydrogens is 407 g/mol. The van der Waals surface area contributed by atoms with Gasteiger partial charge in [-0.3, -0.25) is 4.79 Å². The van der Waals surface area contributed by atoms with Gasteiger partial charge >= 0.3 is 5.97 Å². The molecule has 1 aromatic rings. The van der Waals surface area contributed by atoms with E-state index in [1.807, 2.05) is 6.07 Å². The van der Waals surface area contributed by atoms with E-state index in [4.69, 9.17) is 4.74 Å². The Labute approximate surface area is 170 Å². The highest BCUT2D eigenvalue weighted by Gasteiger charge is 2.32. The number of ether oxygens (including phenoxy) is 1. The van der Waals surface area contributed by atoms with Crippen LogP contribution in [0.1, 0.15) is 75.7 Å². The van der Waals surface area contributed by atoms with E-state index < -0.39 is 0 Å². The molecule has 0 amide bonds. The van der Waals surface area contributed by atoms with Crippen LogP contribution < -0.4 is 0 Å². The van der Waals surface area contributed by atoms with Crippen molar-refractivity contribution in [2.75, 3.05) is 0 Å². The number of rotatable bonds is 6. The Morgan fingerprint density at radius 3 is 2.33 bits per heavy atom. The quantitative estimate of drug-likeness (QED) is 0.356. The zero-order valence-corrected chi connectivity index (χ0v) is 17.6. The fourth-order valence-corrected chi connectivity index (χ4v) is 5.08. The lowest BCUT2D eigenvalue weighted by Gasteiger charge is -2.37. The number of hydrogen-bond acceptors (Lipinski definition) is 2. The molecular formula is C23H30BrFO2. The molecule has 0 saturated heterocycles. The van der Waals surface area contributed by atoms with Gasteiger partial charge in [0.15, 0.2) is 0 Å². The van der Waals surface area contributed by atoms with E-state index >= 15 is 0 Å². The van der Waals surface area contributed by atoms with Gasteiger partial charge in [0.2, 0.25) is 0 Å². The van der Waals surface area contributed by atoms with Crippen molar-refractivity contribution in [2.45, 2.75) is 76.2 Å². The van der Waals surface area contributed by atoms with Crippen molar-refractivity contribution in [2.24, 2.45) is 11.8 Å². The molecule has 2 nitrogen and oxygen atoms in total. The summed E-state index contributed by atoms with van der Waals surface area (Å²) in [5, 5.41) is 0. The third-order valence-corrected chi connectivity index (χ3v) is 7.07. The molecule has 3 rings (SSSR count). The average Bonchev–Trinajstić information content (AvgIpc) is 2.69. The van der Waals surface area contributed by atoms with Gasteiger partial charge in [-0.05, 0) is 109 Å². The first kappa shape index (κ1) is 20.6. The maximum absolute atomic E-state index is 13.8. The van der Waals surface area contributed by atoms with Crippen molar-refractivity contribution >= 4 is 21.9 Å². The van der Waals surface area contributed by atoms with Crippen LogP contribution in [0.2, 0.25) is 0 Å². The molecule has 2 fully saturated rings. The molecule has 0 radical (unpaired) electrons. The van der Waals surface area contributed by atoms with E-state index in [2.05, 4.69) is 28.6 Å². The van der Waals surface area contributed by atoms with Gasteiger partial charge in [-0.25, -0.2) is 4.39 Å². The van der Waals surface area contributed by atoms with Gasteiger partial charge in [-0.2, -0.15) is 0 Å². The summed E-state index contributed by atoms with van der Waals surface area (Å²) in [6.45, 7) is 3.65. The Kier molecular flexibility index (Phi) is 7.51. The van der Waals surface area contributed by atoms with Crippen LogP contribution in [0, 0.1) is 17.7 Å². The lowest BCUT2D eigenvalue weighted by molar-refractivity contribution is -0.151. The predicted octanol–water partition coefficient (Wildman–Crippen LogP) is 6.93. The van der Waals surface area contributed by atoms with E-state index in [-0.39, 0.29) is 17.9 Å². The molecule has 0 aromatic heterocycles. The number of esters is 1. The van der Waals surface area contributed by atoms with Crippen molar-refractivity contribution in [1.82, 2.24) is 0 Å². The second kappa shape index (κ2) is 9.86. The molecule has 1 aromatic carbocycles. The van der Waals surface area contributed by atoms with Crippen LogP contribution in [0.5, 0.6) is 0 Å². The minimum Gasteiger partial charge on any atom is -0.462 e. The Morgan fingerprint density at radius 1 is 1.11 bits per heavy atom. The molecule has 27 heavy (non-hydrogen) atoms. The van der Waals surface area contributed by atoms with E-state index in [1.165, 1.54) is 25.7 Å². The second-order valence-corrected chi connectivity index (χ2v) is 8.99. The van der Waals surface area contributed by atoms with Gasteiger partial charge in [0, 0.05) is 6.42 Å². The highest BCUT2D eigenvalue weighted by atomic mass is 79.9. The van der Waals surface area contributed by atoms with E-state index in [0.29, 0.717) is 23.2 Å². The molecule has 4 heteroatoms. The fourth-order valence-electron chi connectivity index (χ4n) is 4.83. The normalized spacial score (nSPS) is 28.5. The maximum atomic E-state index is 13.8. The van der Waals surface area contributed by atoms with Gasteiger partial charge in [-0.1, -0.05) is 12.1 Å². The number of carbonyl (C=O) groups is 1.